The predicted octanol–water partition coefficient (Wildman–Crippen LogP) is 1.91. The lowest BCUT2D eigenvalue weighted by Crippen LogP contribution is -2.21. The highest BCUT2D eigenvalue weighted by atomic mass is 16.5. The normalized spacial score (nSPS) is 10.2. The third-order valence-corrected chi connectivity index (χ3v) is 3.20. The van der Waals surface area contributed by atoms with Gasteiger partial charge in [0.05, 0.1) is 12.3 Å². The third kappa shape index (κ3) is 3.88. The van der Waals surface area contributed by atoms with Crippen molar-refractivity contribution in [2.45, 2.75) is 20.4 Å². The molecule has 2 aromatic rings. The maximum atomic E-state index is 12.3. The zero-order chi connectivity index (χ0) is 16.8. The minimum absolute atomic E-state index is 0.189. The molecule has 0 saturated heterocycles. The number of hydrogen-bond acceptors (Lipinski definition) is 4. The van der Waals surface area contributed by atoms with Crippen molar-refractivity contribution in [1.82, 2.24) is 15.1 Å². The molecule has 0 fully saturated rings. The van der Waals surface area contributed by atoms with Crippen molar-refractivity contribution in [3.8, 4) is 5.75 Å². The number of carbonyl (C=O) groups is 2. The van der Waals surface area contributed by atoms with Gasteiger partial charge in [0.2, 0.25) is 0 Å². The Hall–Kier alpha value is -2.83. The first-order valence-electron chi connectivity index (χ1n) is 7.42. The summed E-state index contributed by atoms with van der Waals surface area (Å²) in [6.45, 7) is 4.96. The van der Waals surface area contributed by atoms with Gasteiger partial charge in [0.15, 0.2) is 5.69 Å². The van der Waals surface area contributed by atoms with Crippen molar-refractivity contribution in [1.29, 1.82) is 0 Å². The fraction of sp³-hybridized carbons (Fsp3) is 0.312. The Morgan fingerprint density at radius 1 is 1.17 bits per heavy atom. The number of aryl methyl sites for hydroxylation is 1. The largest absolute Gasteiger partial charge is 0.494 e. The predicted molar refractivity (Wildman–Crippen MR) is 86.9 cm³/mol. The minimum Gasteiger partial charge on any atom is -0.494 e. The van der Waals surface area contributed by atoms with Crippen molar-refractivity contribution in [2.24, 2.45) is 0 Å². The number of nitrogens with one attached hydrogen (secondary N) is 2. The lowest BCUT2D eigenvalue weighted by molar-refractivity contribution is 0.0958. The molecule has 7 nitrogen and oxygen atoms in total. The maximum absolute atomic E-state index is 12.3. The summed E-state index contributed by atoms with van der Waals surface area (Å²) in [4.78, 5) is 24.2. The van der Waals surface area contributed by atoms with Gasteiger partial charge in [-0.05, 0) is 38.1 Å². The molecule has 1 aromatic heterocycles. The smallest absolute Gasteiger partial charge is 0.273 e. The van der Waals surface area contributed by atoms with E-state index in [1.807, 2.05) is 13.8 Å². The molecule has 1 heterocycles. The summed E-state index contributed by atoms with van der Waals surface area (Å²) < 4.78 is 6.94. The summed E-state index contributed by atoms with van der Waals surface area (Å²) in [6, 6.07) is 6.80. The van der Waals surface area contributed by atoms with Crippen LogP contribution in [0.5, 0.6) is 5.75 Å². The molecular weight excluding hydrogens is 296 g/mol. The van der Waals surface area contributed by atoms with E-state index in [2.05, 4.69) is 15.7 Å². The maximum Gasteiger partial charge on any atom is 0.273 e. The Morgan fingerprint density at radius 2 is 1.87 bits per heavy atom. The number of nitrogens with zero attached hydrogens (tertiary/aromatic N) is 2. The van der Waals surface area contributed by atoms with Crippen molar-refractivity contribution in [2.75, 3.05) is 19.0 Å². The summed E-state index contributed by atoms with van der Waals surface area (Å²) in [6.07, 6.45) is 1.64. The van der Waals surface area contributed by atoms with Crippen molar-refractivity contribution in [3.05, 3.63) is 41.7 Å². The molecule has 0 radical (unpaired) electrons. The first kappa shape index (κ1) is 16.5. The van der Waals surface area contributed by atoms with E-state index in [-0.39, 0.29) is 17.5 Å². The fourth-order valence-corrected chi connectivity index (χ4v) is 2.02. The Balaban J connectivity index is 2.19. The van der Waals surface area contributed by atoms with Crippen LogP contribution in [0.1, 0.15) is 34.7 Å². The summed E-state index contributed by atoms with van der Waals surface area (Å²) in [7, 11) is 1.52. The van der Waals surface area contributed by atoms with Crippen molar-refractivity contribution < 1.29 is 14.3 Å². The van der Waals surface area contributed by atoms with Gasteiger partial charge < -0.3 is 15.4 Å². The van der Waals surface area contributed by atoms with Gasteiger partial charge in [-0.15, -0.1) is 0 Å². The van der Waals surface area contributed by atoms with Crippen LogP contribution >= 0.6 is 0 Å². The molecule has 7 heteroatoms. The monoisotopic (exact) mass is 316 g/mol. The van der Waals surface area contributed by atoms with Gasteiger partial charge in [0.1, 0.15) is 5.75 Å². The summed E-state index contributed by atoms with van der Waals surface area (Å²) >= 11 is 0. The number of amides is 2. The third-order valence-electron chi connectivity index (χ3n) is 3.20. The van der Waals surface area contributed by atoms with E-state index in [1.54, 1.807) is 35.1 Å². The lowest BCUT2D eigenvalue weighted by Gasteiger charge is -2.06. The van der Waals surface area contributed by atoms with E-state index in [0.29, 0.717) is 30.2 Å². The SMILES string of the molecule is CCOc1ccc(C(=O)Nc2cn(CC)nc2C(=O)NC)cc1. The van der Waals surface area contributed by atoms with Gasteiger partial charge >= 0.3 is 0 Å². The highest BCUT2D eigenvalue weighted by Crippen LogP contribution is 2.17. The van der Waals surface area contributed by atoms with Crippen LogP contribution in [0.15, 0.2) is 30.5 Å². The van der Waals surface area contributed by atoms with Gasteiger partial charge in [-0.2, -0.15) is 5.10 Å². The van der Waals surface area contributed by atoms with Crippen LogP contribution < -0.4 is 15.4 Å². The standard InChI is InChI=1S/C16H20N4O3/c1-4-20-10-13(14(19-20)16(22)17-3)18-15(21)11-6-8-12(9-7-11)23-5-2/h6-10H,4-5H2,1-3H3,(H,17,22)(H,18,21). The molecule has 0 unspecified atom stereocenters. The molecule has 0 saturated carbocycles. The molecule has 0 atom stereocenters. The molecular formula is C16H20N4O3. The van der Waals surface area contributed by atoms with Gasteiger partial charge in [0.25, 0.3) is 11.8 Å². The average molecular weight is 316 g/mol. The number of hydrogen-bond donors (Lipinski definition) is 2. The van der Waals surface area contributed by atoms with E-state index in [0.717, 1.165) is 0 Å². The summed E-state index contributed by atoms with van der Waals surface area (Å²) in [5, 5.41) is 9.39. The Morgan fingerprint density at radius 3 is 2.43 bits per heavy atom. The Kier molecular flexibility index (Phi) is 5.35. The molecule has 1 aromatic carbocycles. The van der Waals surface area contributed by atoms with Gasteiger partial charge in [-0.1, -0.05) is 0 Å². The van der Waals surface area contributed by atoms with Crippen molar-refractivity contribution in [3.63, 3.8) is 0 Å². The van der Waals surface area contributed by atoms with Gasteiger partial charge in [-0.25, -0.2) is 0 Å². The highest BCUT2D eigenvalue weighted by molar-refractivity contribution is 6.08. The van der Waals surface area contributed by atoms with Gasteiger partial charge in [-0.3, -0.25) is 14.3 Å². The summed E-state index contributed by atoms with van der Waals surface area (Å²) in [5.74, 6) is 0.0435. The summed E-state index contributed by atoms with van der Waals surface area (Å²) in [5.41, 5.74) is 1.04. The second-order valence-corrected chi connectivity index (χ2v) is 4.74. The first-order valence-corrected chi connectivity index (χ1v) is 7.42. The van der Waals surface area contributed by atoms with Crippen molar-refractivity contribution >= 4 is 17.5 Å². The number of carbonyl (C=O) groups excluding carboxylic acids is 2. The second-order valence-electron chi connectivity index (χ2n) is 4.74. The van der Waals surface area contributed by atoms with E-state index in [9.17, 15) is 9.59 Å². The molecule has 0 aliphatic carbocycles. The lowest BCUT2D eigenvalue weighted by atomic mass is 10.2. The zero-order valence-corrected chi connectivity index (χ0v) is 13.4. The number of benzene rings is 1. The minimum atomic E-state index is -0.348. The molecule has 0 aliphatic heterocycles. The number of ether oxygens (including phenoxy) is 1. The van der Waals surface area contributed by atoms with Crippen LogP contribution in [0, 0.1) is 0 Å². The van der Waals surface area contributed by atoms with Crippen LogP contribution in [0.2, 0.25) is 0 Å². The number of anilines is 1. The molecule has 122 valence electrons. The van der Waals surface area contributed by atoms with Crippen LogP contribution in [0.3, 0.4) is 0 Å². The Labute approximate surface area is 134 Å². The quantitative estimate of drug-likeness (QED) is 0.852. The molecule has 0 aliphatic rings. The van der Waals surface area contributed by atoms with Crippen LogP contribution in [0.25, 0.3) is 0 Å². The van der Waals surface area contributed by atoms with Crippen LogP contribution in [-0.4, -0.2) is 35.2 Å². The Bertz CT molecular complexity index is 692. The molecule has 2 amide bonds. The highest BCUT2D eigenvalue weighted by Gasteiger charge is 2.18. The number of rotatable bonds is 6. The molecule has 2 N–H and O–H groups in total. The number of aromatic nitrogens is 2. The first-order chi connectivity index (χ1) is 11.1. The van der Waals surface area contributed by atoms with E-state index < -0.39 is 0 Å². The van der Waals surface area contributed by atoms with Crippen LogP contribution in [-0.2, 0) is 6.54 Å². The topological polar surface area (TPSA) is 85.2 Å². The second kappa shape index (κ2) is 7.44. The van der Waals surface area contributed by atoms with Crippen LogP contribution in [0.4, 0.5) is 5.69 Å². The molecule has 2 rings (SSSR count). The van der Waals surface area contributed by atoms with E-state index in [4.69, 9.17) is 4.74 Å². The van der Waals surface area contributed by atoms with E-state index >= 15 is 0 Å². The fourth-order valence-electron chi connectivity index (χ4n) is 2.02. The van der Waals surface area contributed by atoms with Gasteiger partial charge in [0, 0.05) is 25.4 Å². The molecule has 0 spiro atoms. The molecule has 23 heavy (non-hydrogen) atoms. The van der Waals surface area contributed by atoms with E-state index in [1.165, 1.54) is 7.05 Å². The molecule has 0 bridgehead atoms. The zero-order valence-electron chi connectivity index (χ0n) is 13.4. The average Bonchev–Trinajstić information content (AvgIpc) is 2.98.